The van der Waals surface area contributed by atoms with E-state index < -0.39 is 0 Å². The van der Waals surface area contributed by atoms with E-state index in [-0.39, 0.29) is 0 Å². The Balaban J connectivity index is 2.11. The Morgan fingerprint density at radius 2 is 1.75 bits per heavy atom. The molecule has 1 saturated carbocycles. The second-order valence-corrected chi connectivity index (χ2v) is 4.71. The largest absolute Gasteiger partial charge is 0.384 e. The van der Waals surface area contributed by atoms with E-state index in [1.807, 2.05) is 18.9 Å². The fourth-order valence-corrected chi connectivity index (χ4v) is 2.84. The lowest BCUT2D eigenvalue weighted by Gasteiger charge is -2.27. The van der Waals surface area contributed by atoms with Crippen molar-refractivity contribution in [2.45, 2.75) is 25.7 Å². The van der Waals surface area contributed by atoms with Gasteiger partial charge in [-0.3, -0.25) is 0 Å². The molecule has 0 radical (unpaired) electrons. The number of methoxy groups -OCH3 is 1. The van der Waals surface area contributed by atoms with Crippen molar-refractivity contribution in [1.29, 1.82) is 0 Å². The summed E-state index contributed by atoms with van der Waals surface area (Å²) in [6.07, 6.45) is 7.84. The first-order chi connectivity index (χ1) is 5.86. The Hall–Kier alpha value is 0.310. The van der Waals surface area contributed by atoms with E-state index in [2.05, 4.69) is 6.26 Å². The quantitative estimate of drug-likeness (QED) is 0.671. The molecule has 12 heavy (non-hydrogen) atoms. The zero-order valence-corrected chi connectivity index (χ0v) is 9.03. The molecule has 0 amide bonds. The van der Waals surface area contributed by atoms with Gasteiger partial charge in [0.2, 0.25) is 0 Å². The maximum atomic E-state index is 5.17. The maximum Gasteiger partial charge on any atom is 0.0490 e. The molecule has 1 fully saturated rings. The van der Waals surface area contributed by atoms with Crippen LogP contribution < -0.4 is 0 Å². The highest BCUT2D eigenvalue weighted by Gasteiger charge is 2.20. The molecule has 1 nitrogen and oxygen atoms in total. The summed E-state index contributed by atoms with van der Waals surface area (Å²) < 4.78 is 5.17. The van der Waals surface area contributed by atoms with Crippen molar-refractivity contribution in [2.75, 3.05) is 25.7 Å². The van der Waals surface area contributed by atoms with Crippen molar-refractivity contribution in [3.05, 3.63) is 0 Å². The van der Waals surface area contributed by atoms with Crippen LogP contribution in [0.1, 0.15) is 25.7 Å². The summed E-state index contributed by atoms with van der Waals surface area (Å²) in [6.45, 7) is 0.978. The first kappa shape index (κ1) is 10.4. The zero-order chi connectivity index (χ0) is 8.81. The van der Waals surface area contributed by atoms with Crippen molar-refractivity contribution in [1.82, 2.24) is 0 Å². The van der Waals surface area contributed by atoms with Gasteiger partial charge >= 0.3 is 0 Å². The Morgan fingerprint density at radius 1 is 1.17 bits per heavy atom. The van der Waals surface area contributed by atoms with Gasteiger partial charge in [0.15, 0.2) is 0 Å². The molecule has 0 saturated heterocycles. The number of ether oxygens (including phenoxy) is 1. The van der Waals surface area contributed by atoms with Gasteiger partial charge in [0.1, 0.15) is 0 Å². The summed E-state index contributed by atoms with van der Waals surface area (Å²) in [5, 5.41) is 0. The van der Waals surface area contributed by atoms with E-state index in [0.717, 1.165) is 18.4 Å². The molecule has 0 N–H and O–H groups in total. The van der Waals surface area contributed by atoms with Crippen molar-refractivity contribution < 1.29 is 4.74 Å². The van der Waals surface area contributed by atoms with Gasteiger partial charge in [-0.25, -0.2) is 0 Å². The van der Waals surface area contributed by atoms with E-state index >= 15 is 0 Å². The average Bonchev–Trinajstić information content (AvgIpc) is 2.09. The van der Waals surface area contributed by atoms with Crippen LogP contribution in [0.25, 0.3) is 0 Å². The van der Waals surface area contributed by atoms with E-state index in [1.54, 1.807) is 0 Å². The van der Waals surface area contributed by atoms with Gasteiger partial charge < -0.3 is 4.74 Å². The lowest BCUT2D eigenvalue weighted by Crippen LogP contribution is -2.19. The molecule has 0 atom stereocenters. The van der Waals surface area contributed by atoms with Crippen LogP contribution in [0.5, 0.6) is 0 Å². The minimum absolute atomic E-state index is 0.855. The lowest BCUT2D eigenvalue weighted by atomic mass is 9.83. The molecular formula is C10H20OS. The van der Waals surface area contributed by atoms with Gasteiger partial charge in [0.05, 0.1) is 0 Å². The molecule has 1 aliphatic carbocycles. The highest BCUT2D eigenvalue weighted by molar-refractivity contribution is 7.98. The van der Waals surface area contributed by atoms with Crippen molar-refractivity contribution in [3.8, 4) is 0 Å². The number of hydrogen-bond donors (Lipinski definition) is 0. The topological polar surface area (TPSA) is 9.23 Å². The standard InChI is InChI=1S/C10H20OS/c1-11-7-9-3-5-10(6-4-9)8-12-2/h9-10H,3-8H2,1-2H3. The third-order valence-corrected chi connectivity index (χ3v) is 3.58. The van der Waals surface area contributed by atoms with E-state index in [9.17, 15) is 0 Å². The Kier molecular flexibility index (Phi) is 5.08. The monoisotopic (exact) mass is 188 g/mol. The Morgan fingerprint density at radius 3 is 2.25 bits per heavy atom. The first-order valence-corrected chi connectivity index (χ1v) is 6.24. The third-order valence-electron chi connectivity index (χ3n) is 2.77. The fourth-order valence-electron chi connectivity index (χ4n) is 2.04. The highest BCUT2D eigenvalue weighted by Crippen LogP contribution is 2.30. The molecule has 0 unspecified atom stereocenters. The van der Waals surface area contributed by atoms with Crippen LogP contribution in [0.2, 0.25) is 0 Å². The molecule has 0 bridgehead atoms. The van der Waals surface area contributed by atoms with Gasteiger partial charge in [-0.15, -0.1) is 0 Å². The molecule has 0 aliphatic heterocycles. The lowest BCUT2D eigenvalue weighted by molar-refractivity contribution is 0.122. The number of thioether (sulfide) groups is 1. The Bertz CT molecular complexity index is 94.4. The van der Waals surface area contributed by atoms with Crippen LogP contribution in [0.4, 0.5) is 0 Å². The summed E-state index contributed by atoms with van der Waals surface area (Å²) in [7, 11) is 1.81. The maximum absolute atomic E-state index is 5.17. The van der Waals surface area contributed by atoms with Crippen LogP contribution in [-0.4, -0.2) is 25.7 Å². The molecule has 2 heteroatoms. The molecule has 0 heterocycles. The minimum atomic E-state index is 0.855. The molecule has 0 aromatic heterocycles. The summed E-state index contributed by atoms with van der Waals surface area (Å²) in [4.78, 5) is 0. The summed E-state index contributed by atoms with van der Waals surface area (Å²) in [6, 6.07) is 0. The molecule has 72 valence electrons. The van der Waals surface area contributed by atoms with Gasteiger partial charge in [0.25, 0.3) is 0 Å². The minimum Gasteiger partial charge on any atom is -0.384 e. The van der Waals surface area contributed by atoms with Gasteiger partial charge in [-0.2, -0.15) is 11.8 Å². The summed E-state index contributed by atoms with van der Waals surface area (Å²) in [5.74, 6) is 3.21. The number of hydrogen-bond acceptors (Lipinski definition) is 2. The number of rotatable bonds is 4. The predicted octanol–water partition coefficient (Wildman–Crippen LogP) is 2.80. The van der Waals surface area contributed by atoms with E-state index in [1.165, 1.54) is 31.4 Å². The zero-order valence-electron chi connectivity index (χ0n) is 8.21. The second-order valence-electron chi connectivity index (χ2n) is 3.80. The van der Waals surface area contributed by atoms with Crippen LogP contribution >= 0.6 is 11.8 Å². The molecular weight excluding hydrogens is 168 g/mol. The fraction of sp³-hybridized carbons (Fsp3) is 1.00. The van der Waals surface area contributed by atoms with E-state index in [0.29, 0.717) is 0 Å². The first-order valence-electron chi connectivity index (χ1n) is 4.84. The second kappa shape index (κ2) is 5.87. The van der Waals surface area contributed by atoms with Crippen LogP contribution in [0, 0.1) is 11.8 Å². The van der Waals surface area contributed by atoms with Gasteiger partial charge in [-0.05, 0) is 49.5 Å². The van der Waals surface area contributed by atoms with Crippen molar-refractivity contribution in [3.63, 3.8) is 0 Å². The smallest absolute Gasteiger partial charge is 0.0490 e. The highest BCUT2D eigenvalue weighted by atomic mass is 32.2. The SMILES string of the molecule is COCC1CCC(CSC)CC1. The third kappa shape index (κ3) is 3.36. The molecule has 1 aliphatic rings. The molecule has 0 spiro atoms. The average molecular weight is 188 g/mol. The summed E-state index contributed by atoms with van der Waals surface area (Å²) >= 11 is 1.99. The normalized spacial score (nSPS) is 30.5. The van der Waals surface area contributed by atoms with Crippen molar-refractivity contribution in [2.24, 2.45) is 11.8 Å². The Labute approximate surface area is 80.3 Å². The summed E-state index contributed by atoms with van der Waals surface area (Å²) in [5.41, 5.74) is 0. The van der Waals surface area contributed by atoms with E-state index in [4.69, 9.17) is 4.74 Å². The van der Waals surface area contributed by atoms with Gasteiger partial charge in [-0.1, -0.05) is 0 Å². The van der Waals surface area contributed by atoms with Crippen LogP contribution in [-0.2, 0) is 4.74 Å². The van der Waals surface area contributed by atoms with Crippen LogP contribution in [0.3, 0.4) is 0 Å². The molecule has 0 aromatic carbocycles. The van der Waals surface area contributed by atoms with Crippen LogP contribution in [0.15, 0.2) is 0 Å². The predicted molar refractivity (Wildman–Crippen MR) is 55.7 cm³/mol. The van der Waals surface area contributed by atoms with Crippen molar-refractivity contribution >= 4 is 11.8 Å². The van der Waals surface area contributed by atoms with Gasteiger partial charge in [0, 0.05) is 13.7 Å². The molecule has 0 aromatic rings. The molecule has 1 rings (SSSR count).